The third-order valence-corrected chi connectivity index (χ3v) is 5.94. The molecule has 1 aromatic carbocycles. The Morgan fingerprint density at radius 1 is 1.10 bits per heavy atom. The number of rotatable bonds is 8. The van der Waals surface area contributed by atoms with Gasteiger partial charge >= 0.3 is 0 Å². The minimum atomic E-state index is -3.40. The van der Waals surface area contributed by atoms with Crippen molar-refractivity contribution in [3.8, 4) is 0 Å². The second-order valence-electron chi connectivity index (χ2n) is 4.90. The predicted octanol–water partition coefficient (Wildman–Crippen LogP) is 0.508. The molecule has 8 heteroatoms. The first-order chi connectivity index (χ1) is 9.66. The SMILES string of the molecule is CCNCC(C)S(=O)(=O)NCc1ccc(S(C)(=O)=O)cc1. The highest BCUT2D eigenvalue weighted by molar-refractivity contribution is 7.90. The van der Waals surface area contributed by atoms with Gasteiger partial charge in [-0.1, -0.05) is 19.1 Å². The van der Waals surface area contributed by atoms with Gasteiger partial charge in [0.1, 0.15) is 0 Å². The van der Waals surface area contributed by atoms with E-state index in [4.69, 9.17) is 0 Å². The van der Waals surface area contributed by atoms with Gasteiger partial charge in [-0.05, 0) is 31.2 Å². The quantitative estimate of drug-likeness (QED) is 0.722. The van der Waals surface area contributed by atoms with Gasteiger partial charge in [0, 0.05) is 19.3 Å². The smallest absolute Gasteiger partial charge is 0.215 e. The Morgan fingerprint density at radius 3 is 2.14 bits per heavy atom. The fourth-order valence-electron chi connectivity index (χ4n) is 1.64. The monoisotopic (exact) mass is 334 g/mol. The van der Waals surface area contributed by atoms with Gasteiger partial charge in [0.25, 0.3) is 0 Å². The molecule has 2 N–H and O–H groups in total. The molecule has 1 aromatic rings. The normalized spacial score (nSPS) is 14.0. The number of sulfonamides is 1. The second-order valence-corrected chi connectivity index (χ2v) is 9.10. The van der Waals surface area contributed by atoms with Crippen molar-refractivity contribution in [3.63, 3.8) is 0 Å². The molecule has 1 rings (SSSR count). The van der Waals surface area contributed by atoms with E-state index < -0.39 is 25.1 Å². The van der Waals surface area contributed by atoms with E-state index in [1.54, 1.807) is 19.1 Å². The molecule has 0 spiro atoms. The van der Waals surface area contributed by atoms with E-state index in [-0.39, 0.29) is 11.4 Å². The molecule has 0 aliphatic carbocycles. The maximum absolute atomic E-state index is 12.0. The van der Waals surface area contributed by atoms with Crippen LogP contribution in [0.1, 0.15) is 19.4 Å². The highest BCUT2D eigenvalue weighted by atomic mass is 32.2. The third-order valence-electron chi connectivity index (χ3n) is 3.04. The van der Waals surface area contributed by atoms with Crippen LogP contribution in [0.4, 0.5) is 0 Å². The van der Waals surface area contributed by atoms with Crippen LogP contribution in [0.5, 0.6) is 0 Å². The van der Waals surface area contributed by atoms with Gasteiger partial charge < -0.3 is 5.32 Å². The van der Waals surface area contributed by atoms with Crippen LogP contribution in [0.25, 0.3) is 0 Å². The summed E-state index contributed by atoms with van der Waals surface area (Å²) in [4.78, 5) is 0.217. The fraction of sp³-hybridized carbons (Fsp3) is 0.538. The van der Waals surface area contributed by atoms with Crippen LogP contribution >= 0.6 is 0 Å². The lowest BCUT2D eigenvalue weighted by Gasteiger charge is -2.14. The molecule has 0 saturated heterocycles. The highest BCUT2D eigenvalue weighted by Crippen LogP contribution is 2.10. The molecule has 0 aliphatic heterocycles. The Balaban J connectivity index is 2.67. The first kappa shape index (κ1) is 18.1. The van der Waals surface area contributed by atoms with E-state index >= 15 is 0 Å². The fourth-order valence-corrected chi connectivity index (χ4v) is 3.26. The Hall–Kier alpha value is -0.960. The predicted molar refractivity (Wildman–Crippen MR) is 83.3 cm³/mol. The van der Waals surface area contributed by atoms with Crippen molar-refractivity contribution in [2.24, 2.45) is 0 Å². The van der Waals surface area contributed by atoms with Crippen molar-refractivity contribution in [2.75, 3.05) is 19.3 Å². The molecule has 0 bridgehead atoms. The van der Waals surface area contributed by atoms with E-state index in [0.717, 1.165) is 6.26 Å². The molecule has 0 aliphatic rings. The standard InChI is InChI=1S/C13H22N2O4S2/c1-4-14-9-11(2)21(18,19)15-10-12-5-7-13(8-6-12)20(3,16)17/h5-8,11,14-15H,4,9-10H2,1-3H3. The minimum Gasteiger partial charge on any atom is -0.316 e. The molecule has 1 atom stereocenters. The van der Waals surface area contributed by atoms with Crippen molar-refractivity contribution in [1.82, 2.24) is 10.0 Å². The largest absolute Gasteiger partial charge is 0.316 e. The van der Waals surface area contributed by atoms with E-state index in [1.165, 1.54) is 12.1 Å². The Kier molecular flexibility index (Phi) is 6.33. The summed E-state index contributed by atoms with van der Waals surface area (Å²) in [6.45, 7) is 4.79. The molecule has 1 unspecified atom stereocenters. The minimum absolute atomic E-state index is 0.142. The summed E-state index contributed by atoms with van der Waals surface area (Å²) in [6.07, 6.45) is 1.13. The molecule has 0 aromatic heterocycles. The third kappa shape index (κ3) is 5.74. The average Bonchev–Trinajstić information content (AvgIpc) is 2.42. The molecule has 120 valence electrons. The molecule has 21 heavy (non-hydrogen) atoms. The van der Waals surface area contributed by atoms with Gasteiger partial charge in [-0.25, -0.2) is 21.6 Å². The van der Waals surface area contributed by atoms with Crippen molar-refractivity contribution in [1.29, 1.82) is 0 Å². The summed E-state index contributed by atoms with van der Waals surface area (Å²) < 4.78 is 49.2. The van der Waals surface area contributed by atoms with Crippen LogP contribution < -0.4 is 10.0 Å². The zero-order valence-corrected chi connectivity index (χ0v) is 14.1. The average molecular weight is 334 g/mol. The Labute approximate surface area is 126 Å². The lowest BCUT2D eigenvalue weighted by atomic mass is 10.2. The van der Waals surface area contributed by atoms with E-state index in [9.17, 15) is 16.8 Å². The van der Waals surface area contributed by atoms with Gasteiger partial charge in [0.15, 0.2) is 9.84 Å². The summed E-state index contributed by atoms with van der Waals surface area (Å²) in [5.41, 5.74) is 0.710. The number of sulfone groups is 1. The molecule has 6 nitrogen and oxygen atoms in total. The van der Waals surface area contributed by atoms with Crippen molar-refractivity contribution >= 4 is 19.9 Å². The number of benzene rings is 1. The van der Waals surface area contributed by atoms with Gasteiger partial charge in [-0.3, -0.25) is 0 Å². The van der Waals surface area contributed by atoms with Crippen molar-refractivity contribution in [2.45, 2.75) is 30.5 Å². The van der Waals surface area contributed by atoms with Crippen molar-refractivity contribution in [3.05, 3.63) is 29.8 Å². The summed E-state index contributed by atoms with van der Waals surface area (Å²) in [5, 5.41) is 2.46. The van der Waals surface area contributed by atoms with Crippen LogP contribution in [0.15, 0.2) is 29.2 Å². The van der Waals surface area contributed by atoms with Crippen LogP contribution in [-0.4, -0.2) is 41.4 Å². The van der Waals surface area contributed by atoms with Crippen LogP contribution in [-0.2, 0) is 26.4 Å². The first-order valence-electron chi connectivity index (χ1n) is 6.65. The second kappa shape index (κ2) is 7.35. The number of hydrogen-bond donors (Lipinski definition) is 2. The molecule has 0 saturated carbocycles. The molecule has 0 radical (unpaired) electrons. The van der Waals surface area contributed by atoms with E-state index in [2.05, 4.69) is 10.0 Å². The molecule has 0 heterocycles. The topological polar surface area (TPSA) is 92.3 Å². The lowest BCUT2D eigenvalue weighted by Crippen LogP contribution is -2.38. The number of hydrogen-bond acceptors (Lipinski definition) is 5. The van der Waals surface area contributed by atoms with Gasteiger partial charge in [0.05, 0.1) is 10.1 Å². The maximum atomic E-state index is 12.0. The maximum Gasteiger partial charge on any atom is 0.215 e. The zero-order valence-electron chi connectivity index (χ0n) is 12.5. The Morgan fingerprint density at radius 2 is 1.67 bits per heavy atom. The molecular weight excluding hydrogens is 312 g/mol. The Bertz CT molecular complexity index is 652. The summed E-state index contributed by atoms with van der Waals surface area (Å²) in [7, 11) is -6.63. The summed E-state index contributed by atoms with van der Waals surface area (Å²) in [5.74, 6) is 0. The van der Waals surface area contributed by atoms with E-state index in [1.807, 2.05) is 6.92 Å². The summed E-state index contributed by atoms with van der Waals surface area (Å²) >= 11 is 0. The summed E-state index contributed by atoms with van der Waals surface area (Å²) in [6, 6.07) is 6.16. The van der Waals surface area contributed by atoms with Crippen molar-refractivity contribution < 1.29 is 16.8 Å². The van der Waals surface area contributed by atoms with Crippen LogP contribution in [0, 0.1) is 0 Å². The van der Waals surface area contributed by atoms with Gasteiger partial charge in [0.2, 0.25) is 10.0 Å². The molecule has 0 fully saturated rings. The van der Waals surface area contributed by atoms with Gasteiger partial charge in [-0.15, -0.1) is 0 Å². The first-order valence-corrected chi connectivity index (χ1v) is 10.1. The van der Waals surface area contributed by atoms with Crippen LogP contribution in [0.3, 0.4) is 0 Å². The lowest BCUT2D eigenvalue weighted by molar-refractivity contribution is 0.559. The van der Waals surface area contributed by atoms with Gasteiger partial charge in [-0.2, -0.15) is 0 Å². The molecule has 0 amide bonds. The van der Waals surface area contributed by atoms with Crippen LogP contribution in [0.2, 0.25) is 0 Å². The van der Waals surface area contributed by atoms with E-state index in [0.29, 0.717) is 18.7 Å². The highest BCUT2D eigenvalue weighted by Gasteiger charge is 2.19. The molecular formula is C13H22N2O4S2. The zero-order chi connectivity index (χ0) is 16.1. The number of nitrogens with one attached hydrogen (secondary N) is 2.